The normalized spacial score (nSPS) is 9.88. The molecule has 0 bridgehead atoms. The van der Waals surface area contributed by atoms with Crippen molar-refractivity contribution < 1.29 is 13.6 Å². The molecule has 0 aromatic heterocycles. The number of hydrogen-bond acceptors (Lipinski definition) is 2. The minimum atomic E-state index is -0.325. The number of hydrogen-bond donors (Lipinski definition) is 1. The molecule has 2 nitrogen and oxygen atoms in total. The molecule has 0 atom stereocenters. The van der Waals surface area contributed by atoms with Gasteiger partial charge in [0.05, 0.1) is 5.69 Å². The van der Waals surface area contributed by atoms with E-state index in [-0.39, 0.29) is 11.6 Å². The highest BCUT2D eigenvalue weighted by Gasteiger charge is 1.96. The van der Waals surface area contributed by atoms with Gasteiger partial charge in [-0.1, -0.05) is 0 Å². The average molecular weight is 221 g/mol. The summed E-state index contributed by atoms with van der Waals surface area (Å²) in [6, 6.07) is 11.3. The summed E-state index contributed by atoms with van der Waals surface area (Å²) in [7, 11) is 0. The molecule has 0 aliphatic carbocycles. The van der Waals surface area contributed by atoms with Crippen LogP contribution in [0.4, 0.5) is 14.5 Å². The predicted molar refractivity (Wildman–Crippen MR) is 57.1 cm³/mol. The van der Waals surface area contributed by atoms with E-state index >= 15 is 0 Å². The zero-order chi connectivity index (χ0) is 11.4. The van der Waals surface area contributed by atoms with E-state index in [0.717, 1.165) is 0 Å². The topological polar surface area (TPSA) is 21.3 Å². The quantitative estimate of drug-likeness (QED) is 0.802. The summed E-state index contributed by atoms with van der Waals surface area (Å²) in [4.78, 5) is 5.15. The van der Waals surface area contributed by atoms with Crippen molar-refractivity contribution in [2.24, 2.45) is 0 Å². The molecular weight excluding hydrogens is 212 g/mol. The number of nitrogens with one attached hydrogen (secondary N) is 1. The Balaban J connectivity index is 1.97. The third-order valence-corrected chi connectivity index (χ3v) is 1.94. The van der Waals surface area contributed by atoms with Gasteiger partial charge < -0.3 is 4.84 Å². The maximum Gasteiger partial charge on any atom is 0.155 e. The zero-order valence-corrected chi connectivity index (χ0v) is 8.28. The number of anilines is 1. The zero-order valence-electron chi connectivity index (χ0n) is 8.28. The second kappa shape index (κ2) is 4.61. The summed E-state index contributed by atoms with van der Waals surface area (Å²) in [6.45, 7) is 0. The summed E-state index contributed by atoms with van der Waals surface area (Å²) >= 11 is 0. The van der Waals surface area contributed by atoms with Crippen LogP contribution in [0, 0.1) is 11.6 Å². The van der Waals surface area contributed by atoms with Gasteiger partial charge in [0.15, 0.2) is 5.75 Å². The van der Waals surface area contributed by atoms with Crippen molar-refractivity contribution in [2.75, 3.05) is 5.48 Å². The second-order valence-electron chi connectivity index (χ2n) is 3.16. The number of rotatable bonds is 3. The minimum Gasteiger partial charge on any atom is -0.382 e. The van der Waals surface area contributed by atoms with Gasteiger partial charge in [0.2, 0.25) is 0 Å². The van der Waals surface area contributed by atoms with Crippen LogP contribution in [0.1, 0.15) is 0 Å². The highest BCUT2D eigenvalue weighted by Crippen LogP contribution is 2.13. The lowest BCUT2D eigenvalue weighted by molar-refractivity contribution is 0.404. The first-order valence-electron chi connectivity index (χ1n) is 4.68. The smallest absolute Gasteiger partial charge is 0.155 e. The van der Waals surface area contributed by atoms with E-state index < -0.39 is 0 Å². The SMILES string of the molecule is Fc1ccc(NOc2ccc(F)cc2)cc1. The van der Waals surface area contributed by atoms with Crippen molar-refractivity contribution in [2.45, 2.75) is 0 Å². The minimum absolute atomic E-state index is 0.313. The maximum atomic E-state index is 12.6. The standard InChI is InChI=1S/C12H9F2NO/c13-9-1-5-11(6-2-9)15-16-12-7-3-10(14)4-8-12/h1-8,15H. The van der Waals surface area contributed by atoms with Gasteiger partial charge in [0.1, 0.15) is 11.6 Å². The van der Waals surface area contributed by atoms with Gasteiger partial charge in [0.25, 0.3) is 0 Å². The first-order valence-corrected chi connectivity index (χ1v) is 4.68. The Labute approximate surface area is 91.4 Å². The first-order chi connectivity index (χ1) is 7.74. The lowest BCUT2D eigenvalue weighted by Gasteiger charge is -2.07. The fourth-order valence-electron chi connectivity index (χ4n) is 1.14. The van der Waals surface area contributed by atoms with Crippen molar-refractivity contribution in [3.63, 3.8) is 0 Å². The number of halogens is 2. The molecule has 4 heteroatoms. The van der Waals surface area contributed by atoms with Gasteiger partial charge in [0, 0.05) is 0 Å². The lowest BCUT2D eigenvalue weighted by atomic mass is 10.3. The Morgan fingerprint density at radius 1 is 0.750 bits per heavy atom. The van der Waals surface area contributed by atoms with Gasteiger partial charge in [-0.05, 0) is 48.5 Å². The van der Waals surface area contributed by atoms with Crippen molar-refractivity contribution in [1.29, 1.82) is 0 Å². The molecule has 0 spiro atoms. The van der Waals surface area contributed by atoms with Crippen LogP contribution in [-0.4, -0.2) is 0 Å². The molecule has 16 heavy (non-hydrogen) atoms. The second-order valence-corrected chi connectivity index (χ2v) is 3.16. The number of benzene rings is 2. The van der Waals surface area contributed by atoms with Crippen molar-refractivity contribution in [1.82, 2.24) is 0 Å². The Hall–Kier alpha value is -2.10. The molecule has 0 amide bonds. The summed E-state index contributed by atoms with van der Waals surface area (Å²) in [5.74, 6) is -0.160. The Morgan fingerprint density at radius 2 is 1.25 bits per heavy atom. The van der Waals surface area contributed by atoms with Crippen molar-refractivity contribution >= 4 is 5.69 Å². The van der Waals surface area contributed by atoms with Crippen molar-refractivity contribution in [3.05, 3.63) is 60.2 Å². The van der Waals surface area contributed by atoms with Crippen LogP contribution in [0.25, 0.3) is 0 Å². The lowest BCUT2D eigenvalue weighted by Crippen LogP contribution is -2.04. The van der Waals surface area contributed by atoms with Gasteiger partial charge >= 0.3 is 0 Å². The molecule has 2 rings (SSSR count). The average Bonchev–Trinajstić information content (AvgIpc) is 2.30. The van der Waals surface area contributed by atoms with Crippen LogP contribution in [0.5, 0.6) is 5.75 Å². The summed E-state index contributed by atoms with van der Waals surface area (Å²) in [5, 5.41) is 0. The molecule has 0 fully saturated rings. The van der Waals surface area contributed by atoms with E-state index in [9.17, 15) is 8.78 Å². The third kappa shape index (κ3) is 2.70. The Bertz CT molecular complexity index is 408. The van der Waals surface area contributed by atoms with Gasteiger partial charge in [-0.25, -0.2) is 14.3 Å². The molecule has 0 aliphatic heterocycles. The molecule has 2 aromatic rings. The van der Waals surface area contributed by atoms with Crippen LogP contribution in [0.15, 0.2) is 48.5 Å². The van der Waals surface area contributed by atoms with E-state index in [1.165, 1.54) is 36.4 Å². The van der Waals surface area contributed by atoms with Crippen LogP contribution in [0.2, 0.25) is 0 Å². The summed E-state index contributed by atoms with van der Waals surface area (Å²) < 4.78 is 25.2. The molecule has 0 radical (unpaired) electrons. The monoisotopic (exact) mass is 221 g/mol. The third-order valence-electron chi connectivity index (χ3n) is 1.94. The predicted octanol–water partition coefficient (Wildman–Crippen LogP) is 3.37. The molecule has 0 aliphatic rings. The van der Waals surface area contributed by atoms with E-state index in [4.69, 9.17) is 4.84 Å². The molecule has 0 heterocycles. The summed E-state index contributed by atoms with van der Waals surface area (Å²) in [5.41, 5.74) is 3.23. The highest BCUT2D eigenvalue weighted by atomic mass is 19.1. The van der Waals surface area contributed by atoms with E-state index in [0.29, 0.717) is 11.4 Å². The van der Waals surface area contributed by atoms with Crippen molar-refractivity contribution in [3.8, 4) is 5.75 Å². The van der Waals surface area contributed by atoms with E-state index in [1.54, 1.807) is 12.1 Å². The van der Waals surface area contributed by atoms with Crippen LogP contribution < -0.4 is 10.3 Å². The fourth-order valence-corrected chi connectivity index (χ4v) is 1.14. The first kappa shape index (κ1) is 10.4. The molecule has 0 unspecified atom stereocenters. The van der Waals surface area contributed by atoms with Crippen LogP contribution >= 0.6 is 0 Å². The Kier molecular flexibility index (Phi) is 3.00. The van der Waals surface area contributed by atoms with Gasteiger partial charge in [-0.3, -0.25) is 0 Å². The molecule has 0 saturated carbocycles. The maximum absolute atomic E-state index is 12.6. The molecule has 1 N–H and O–H groups in total. The molecule has 2 aromatic carbocycles. The van der Waals surface area contributed by atoms with Crippen LogP contribution in [-0.2, 0) is 0 Å². The molecule has 0 saturated heterocycles. The fraction of sp³-hybridized carbons (Fsp3) is 0. The Morgan fingerprint density at radius 3 is 1.81 bits per heavy atom. The van der Waals surface area contributed by atoms with Crippen LogP contribution in [0.3, 0.4) is 0 Å². The van der Waals surface area contributed by atoms with E-state index in [2.05, 4.69) is 5.48 Å². The van der Waals surface area contributed by atoms with Gasteiger partial charge in [-0.2, -0.15) is 0 Å². The largest absolute Gasteiger partial charge is 0.382 e. The molecule has 82 valence electrons. The molecular formula is C12H9F2NO. The highest BCUT2D eigenvalue weighted by molar-refractivity contribution is 5.41. The van der Waals surface area contributed by atoms with E-state index in [1.807, 2.05) is 0 Å². The summed E-state index contributed by atoms with van der Waals surface area (Å²) in [6.07, 6.45) is 0. The van der Waals surface area contributed by atoms with Gasteiger partial charge in [-0.15, -0.1) is 0 Å².